The summed E-state index contributed by atoms with van der Waals surface area (Å²) in [6, 6.07) is 14.2. The van der Waals surface area contributed by atoms with Crippen LogP contribution >= 0.6 is 23.8 Å². The topological polar surface area (TPSA) is 62.4 Å². The van der Waals surface area contributed by atoms with E-state index >= 15 is 0 Å². The third-order valence-corrected chi connectivity index (χ3v) is 4.50. The zero-order valence-electron chi connectivity index (χ0n) is 14.3. The largest absolute Gasteiger partial charge is 0.497 e. The summed E-state index contributed by atoms with van der Waals surface area (Å²) in [7, 11) is 1.61. The Balaban J connectivity index is 1.93. The first-order valence-electron chi connectivity index (χ1n) is 7.97. The maximum atomic E-state index is 12.9. The third-order valence-electron chi connectivity index (χ3n) is 4.05. The molecule has 0 saturated carbocycles. The van der Waals surface area contributed by atoms with Crippen molar-refractivity contribution in [1.29, 1.82) is 0 Å². The first kappa shape index (κ1) is 18.2. The van der Waals surface area contributed by atoms with Gasteiger partial charge in [0.2, 0.25) is 0 Å². The van der Waals surface area contributed by atoms with Crippen molar-refractivity contribution in [1.82, 2.24) is 10.6 Å². The van der Waals surface area contributed by atoms with Crippen LogP contribution in [0.3, 0.4) is 0 Å². The number of benzene rings is 2. The summed E-state index contributed by atoms with van der Waals surface area (Å²) in [5, 5.41) is 10.1. The van der Waals surface area contributed by atoms with Crippen LogP contribution in [-0.2, 0) is 4.79 Å². The number of anilines is 1. The van der Waals surface area contributed by atoms with Crippen molar-refractivity contribution in [3.8, 4) is 5.75 Å². The normalized spacial score (nSPS) is 16.6. The van der Waals surface area contributed by atoms with Gasteiger partial charge >= 0.3 is 0 Å². The summed E-state index contributed by atoms with van der Waals surface area (Å²) >= 11 is 11.3. The highest BCUT2D eigenvalue weighted by Crippen LogP contribution is 2.29. The number of carbonyl (C=O) groups excluding carboxylic acids is 1. The number of thiocarbonyl (C=S) groups is 1. The minimum absolute atomic E-state index is 0.229. The van der Waals surface area contributed by atoms with Crippen molar-refractivity contribution >= 4 is 40.5 Å². The quantitative estimate of drug-likeness (QED) is 0.697. The van der Waals surface area contributed by atoms with Crippen LogP contribution in [0, 0.1) is 0 Å². The van der Waals surface area contributed by atoms with Crippen molar-refractivity contribution in [3.63, 3.8) is 0 Å². The van der Waals surface area contributed by atoms with Crippen molar-refractivity contribution in [2.45, 2.75) is 13.0 Å². The predicted molar refractivity (Wildman–Crippen MR) is 107 cm³/mol. The number of ether oxygens (including phenoxy) is 1. The van der Waals surface area contributed by atoms with Crippen molar-refractivity contribution < 1.29 is 9.53 Å². The van der Waals surface area contributed by atoms with Gasteiger partial charge in [-0.15, -0.1) is 0 Å². The lowest BCUT2D eigenvalue weighted by atomic mass is 9.95. The molecule has 3 N–H and O–H groups in total. The molecule has 2 aromatic rings. The van der Waals surface area contributed by atoms with E-state index < -0.39 is 0 Å². The minimum atomic E-state index is -0.367. The molecule has 1 aliphatic heterocycles. The van der Waals surface area contributed by atoms with Gasteiger partial charge in [-0.2, -0.15) is 0 Å². The minimum Gasteiger partial charge on any atom is -0.497 e. The van der Waals surface area contributed by atoms with Crippen molar-refractivity contribution in [3.05, 3.63) is 70.4 Å². The highest BCUT2D eigenvalue weighted by atomic mass is 35.5. The molecule has 1 atom stereocenters. The summed E-state index contributed by atoms with van der Waals surface area (Å²) in [6.07, 6.45) is 0. The molecule has 0 aliphatic carbocycles. The average Bonchev–Trinajstić information content (AvgIpc) is 2.61. The van der Waals surface area contributed by atoms with Gasteiger partial charge in [-0.1, -0.05) is 29.8 Å². The average molecular weight is 388 g/mol. The maximum Gasteiger partial charge on any atom is 0.255 e. The Hall–Kier alpha value is -2.57. The molecular formula is C19H18ClN3O2S. The van der Waals surface area contributed by atoms with E-state index in [2.05, 4.69) is 16.0 Å². The maximum absolute atomic E-state index is 12.9. The summed E-state index contributed by atoms with van der Waals surface area (Å²) in [5.41, 5.74) is 2.80. The van der Waals surface area contributed by atoms with Gasteiger partial charge in [-0.05, 0) is 55.0 Å². The molecule has 1 aliphatic rings. The molecule has 0 fully saturated rings. The molecule has 0 saturated heterocycles. The molecule has 0 spiro atoms. The Kier molecular flexibility index (Phi) is 5.44. The number of rotatable bonds is 4. The van der Waals surface area contributed by atoms with Crippen LogP contribution in [-0.4, -0.2) is 18.1 Å². The van der Waals surface area contributed by atoms with E-state index in [1.807, 2.05) is 31.2 Å². The molecule has 1 heterocycles. The van der Waals surface area contributed by atoms with Gasteiger partial charge in [0, 0.05) is 16.4 Å². The smallest absolute Gasteiger partial charge is 0.255 e. The van der Waals surface area contributed by atoms with Gasteiger partial charge in [0.1, 0.15) is 5.75 Å². The summed E-state index contributed by atoms with van der Waals surface area (Å²) in [6.45, 7) is 1.83. The van der Waals surface area contributed by atoms with Gasteiger partial charge in [-0.3, -0.25) is 4.79 Å². The van der Waals surface area contributed by atoms with Gasteiger partial charge in [0.05, 0.1) is 18.7 Å². The zero-order chi connectivity index (χ0) is 18.7. The van der Waals surface area contributed by atoms with E-state index in [0.717, 1.165) is 11.3 Å². The predicted octanol–water partition coefficient (Wildman–Crippen LogP) is 3.78. The van der Waals surface area contributed by atoms with E-state index in [4.69, 9.17) is 28.6 Å². The number of hydrogen-bond acceptors (Lipinski definition) is 3. The van der Waals surface area contributed by atoms with E-state index in [1.54, 1.807) is 31.4 Å². The third kappa shape index (κ3) is 3.98. The van der Waals surface area contributed by atoms with Crippen LogP contribution in [0.4, 0.5) is 5.69 Å². The van der Waals surface area contributed by atoms with E-state index in [-0.39, 0.29) is 11.9 Å². The van der Waals surface area contributed by atoms with E-state index in [9.17, 15) is 4.79 Å². The molecule has 5 nitrogen and oxygen atoms in total. The van der Waals surface area contributed by atoms with E-state index in [0.29, 0.717) is 27.1 Å². The monoisotopic (exact) mass is 387 g/mol. The second-order valence-electron chi connectivity index (χ2n) is 5.81. The van der Waals surface area contributed by atoms with Crippen molar-refractivity contribution in [2.24, 2.45) is 0 Å². The second kappa shape index (κ2) is 7.76. The van der Waals surface area contributed by atoms with Crippen LogP contribution in [0.15, 0.2) is 59.8 Å². The van der Waals surface area contributed by atoms with Gasteiger partial charge in [0.25, 0.3) is 5.91 Å². The van der Waals surface area contributed by atoms with Gasteiger partial charge in [-0.25, -0.2) is 0 Å². The number of allylic oxidation sites excluding steroid dienone is 1. The van der Waals surface area contributed by atoms with Crippen LogP contribution < -0.4 is 20.7 Å². The Morgan fingerprint density at radius 1 is 1.23 bits per heavy atom. The van der Waals surface area contributed by atoms with Gasteiger partial charge < -0.3 is 20.7 Å². The first-order valence-corrected chi connectivity index (χ1v) is 8.75. The van der Waals surface area contributed by atoms with Gasteiger partial charge in [0.15, 0.2) is 5.11 Å². The fourth-order valence-electron chi connectivity index (χ4n) is 2.81. The molecule has 0 radical (unpaired) electrons. The fourth-order valence-corrected chi connectivity index (χ4v) is 3.27. The number of halogens is 1. The molecule has 2 aromatic carbocycles. The molecule has 7 heteroatoms. The lowest BCUT2D eigenvalue weighted by molar-refractivity contribution is -0.113. The summed E-state index contributed by atoms with van der Waals surface area (Å²) in [5.74, 6) is 0.518. The van der Waals surface area contributed by atoms with Crippen LogP contribution in [0.2, 0.25) is 5.02 Å². The molecule has 26 heavy (non-hydrogen) atoms. The zero-order valence-corrected chi connectivity index (χ0v) is 15.9. The Labute approximate surface area is 162 Å². The summed E-state index contributed by atoms with van der Waals surface area (Å²) in [4.78, 5) is 12.9. The van der Waals surface area contributed by atoms with E-state index in [1.165, 1.54) is 0 Å². The Bertz CT molecular complexity index is 881. The van der Waals surface area contributed by atoms with Crippen LogP contribution in [0.5, 0.6) is 5.75 Å². The lowest BCUT2D eigenvalue weighted by Gasteiger charge is -2.30. The summed E-state index contributed by atoms with van der Waals surface area (Å²) < 4.78 is 5.20. The molecule has 1 amide bonds. The number of nitrogens with one attached hydrogen (secondary N) is 3. The Morgan fingerprint density at radius 2 is 1.96 bits per heavy atom. The standard InChI is InChI=1S/C19H18ClN3O2S/c1-11-16(18(24)22-14-5-3-4-13(20)10-14)17(23-19(26)21-11)12-6-8-15(25-2)9-7-12/h3-10,17H,1-2H3,(H,22,24)(H2,21,23,26). The molecule has 0 aromatic heterocycles. The highest BCUT2D eigenvalue weighted by molar-refractivity contribution is 7.80. The number of carbonyl (C=O) groups is 1. The highest BCUT2D eigenvalue weighted by Gasteiger charge is 2.29. The molecule has 134 valence electrons. The number of methoxy groups -OCH3 is 1. The molecule has 0 bridgehead atoms. The molecule has 3 rings (SSSR count). The van der Waals surface area contributed by atoms with Crippen LogP contribution in [0.25, 0.3) is 0 Å². The number of hydrogen-bond donors (Lipinski definition) is 3. The SMILES string of the molecule is COc1ccc(C2NC(=S)NC(C)=C2C(=O)Nc2cccc(Cl)c2)cc1. The molecular weight excluding hydrogens is 370 g/mol. The van der Waals surface area contributed by atoms with Crippen molar-refractivity contribution in [2.75, 3.05) is 12.4 Å². The fraction of sp³-hybridized carbons (Fsp3) is 0.158. The Morgan fingerprint density at radius 3 is 2.62 bits per heavy atom. The lowest BCUT2D eigenvalue weighted by Crippen LogP contribution is -2.45. The second-order valence-corrected chi connectivity index (χ2v) is 6.65. The first-order chi connectivity index (χ1) is 12.5. The van der Waals surface area contributed by atoms with Crippen LogP contribution in [0.1, 0.15) is 18.5 Å². The number of amides is 1. The molecule has 1 unspecified atom stereocenters.